The van der Waals surface area contributed by atoms with Crippen LogP contribution in [0.15, 0.2) is 48.7 Å². The van der Waals surface area contributed by atoms with Crippen LogP contribution in [0.25, 0.3) is 22.3 Å². The van der Waals surface area contributed by atoms with E-state index in [2.05, 4.69) is 28.2 Å². The van der Waals surface area contributed by atoms with E-state index in [4.69, 9.17) is 5.73 Å². The topological polar surface area (TPSA) is 54.7 Å². The Hall–Kier alpha value is -1.55. The molecule has 0 saturated carbocycles. The predicted octanol–water partition coefficient (Wildman–Crippen LogP) is 3.57. The monoisotopic (exact) mass is 309 g/mol. The third kappa shape index (κ3) is 2.96. The average Bonchev–Trinajstić information content (AvgIpc) is 2.80. The summed E-state index contributed by atoms with van der Waals surface area (Å²) in [4.78, 5) is 7.86. The van der Waals surface area contributed by atoms with E-state index < -0.39 is 0 Å². The van der Waals surface area contributed by atoms with Gasteiger partial charge in [0.15, 0.2) is 0 Å². The van der Waals surface area contributed by atoms with Gasteiger partial charge in [0.1, 0.15) is 0 Å². The fourth-order valence-corrected chi connectivity index (χ4v) is 2.33. The minimum atomic E-state index is 0. The quantitative estimate of drug-likeness (QED) is 0.777. The minimum absolute atomic E-state index is 0. The van der Waals surface area contributed by atoms with Gasteiger partial charge >= 0.3 is 0 Å². The molecule has 0 amide bonds. The van der Waals surface area contributed by atoms with Crippen molar-refractivity contribution in [2.24, 2.45) is 5.73 Å². The van der Waals surface area contributed by atoms with Gasteiger partial charge in [-0.15, -0.1) is 24.8 Å². The van der Waals surface area contributed by atoms with Gasteiger partial charge in [-0.3, -0.25) is 4.98 Å². The highest BCUT2D eigenvalue weighted by molar-refractivity contribution is 5.90. The molecule has 0 atom stereocenters. The number of nitrogens with one attached hydrogen (secondary N) is 1. The number of hydrogen-bond acceptors (Lipinski definition) is 2. The maximum atomic E-state index is 5.72. The smallest absolute Gasteiger partial charge is 0.0867 e. The number of rotatable bonds is 3. The normalized spacial score (nSPS) is 9.85. The van der Waals surface area contributed by atoms with E-state index >= 15 is 0 Å². The molecule has 0 aliphatic carbocycles. The van der Waals surface area contributed by atoms with Crippen molar-refractivity contribution in [1.29, 1.82) is 0 Å². The molecular formula is C15H17Cl2N3. The Morgan fingerprint density at radius 2 is 1.75 bits per heavy atom. The highest BCUT2D eigenvalue weighted by Crippen LogP contribution is 2.29. The second kappa shape index (κ2) is 7.29. The summed E-state index contributed by atoms with van der Waals surface area (Å²) >= 11 is 0. The van der Waals surface area contributed by atoms with Crippen LogP contribution in [-0.2, 0) is 6.42 Å². The summed E-state index contributed by atoms with van der Waals surface area (Å²) in [6, 6.07) is 14.2. The van der Waals surface area contributed by atoms with Gasteiger partial charge in [-0.25, -0.2) is 0 Å². The number of aromatic amines is 1. The number of halogens is 2. The number of para-hydroxylation sites is 1. The molecule has 5 heteroatoms. The van der Waals surface area contributed by atoms with E-state index in [0.29, 0.717) is 6.54 Å². The third-order valence-electron chi connectivity index (χ3n) is 3.13. The van der Waals surface area contributed by atoms with E-state index in [0.717, 1.165) is 23.3 Å². The number of hydrogen-bond donors (Lipinski definition) is 2. The molecule has 20 heavy (non-hydrogen) atoms. The number of nitrogens with two attached hydrogens (primary N) is 1. The van der Waals surface area contributed by atoms with Crippen LogP contribution in [0.4, 0.5) is 0 Å². The molecule has 0 spiro atoms. The molecule has 2 heterocycles. The molecule has 3 nitrogen and oxygen atoms in total. The van der Waals surface area contributed by atoms with E-state index in [1.165, 1.54) is 10.9 Å². The Kier molecular flexibility index (Phi) is 6.02. The summed E-state index contributed by atoms with van der Waals surface area (Å²) in [7, 11) is 0. The molecule has 0 radical (unpaired) electrons. The number of benzene rings is 1. The number of pyridine rings is 1. The fourth-order valence-electron chi connectivity index (χ4n) is 2.33. The van der Waals surface area contributed by atoms with Crippen molar-refractivity contribution in [3.63, 3.8) is 0 Å². The van der Waals surface area contributed by atoms with Crippen molar-refractivity contribution in [3.8, 4) is 11.4 Å². The van der Waals surface area contributed by atoms with Gasteiger partial charge in [0.05, 0.1) is 11.4 Å². The van der Waals surface area contributed by atoms with Gasteiger partial charge < -0.3 is 10.7 Å². The lowest BCUT2D eigenvalue weighted by Crippen LogP contribution is -2.03. The summed E-state index contributed by atoms with van der Waals surface area (Å²) in [5.41, 5.74) is 10.2. The van der Waals surface area contributed by atoms with Crippen molar-refractivity contribution in [1.82, 2.24) is 9.97 Å². The molecule has 3 N–H and O–H groups in total. The van der Waals surface area contributed by atoms with Gasteiger partial charge in [0, 0.05) is 17.1 Å². The van der Waals surface area contributed by atoms with Gasteiger partial charge in [0.2, 0.25) is 0 Å². The van der Waals surface area contributed by atoms with Crippen molar-refractivity contribution in [2.75, 3.05) is 6.54 Å². The molecule has 0 aliphatic heterocycles. The summed E-state index contributed by atoms with van der Waals surface area (Å²) < 4.78 is 0. The molecule has 0 fully saturated rings. The Morgan fingerprint density at radius 1 is 1.00 bits per heavy atom. The van der Waals surface area contributed by atoms with Crippen LogP contribution in [0.2, 0.25) is 0 Å². The SMILES string of the molecule is Cl.Cl.NCCc1c(-c2ccccn2)[nH]c2ccccc12. The van der Waals surface area contributed by atoms with E-state index in [-0.39, 0.29) is 24.8 Å². The van der Waals surface area contributed by atoms with Crippen LogP contribution >= 0.6 is 24.8 Å². The van der Waals surface area contributed by atoms with Crippen LogP contribution in [0, 0.1) is 0 Å². The zero-order chi connectivity index (χ0) is 12.4. The molecule has 0 bridgehead atoms. The van der Waals surface area contributed by atoms with Crippen molar-refractivity contribution >= 4 is 35.7 Å². The minimum Gasteiger partial charge on any atom is -0.353 e. The van der Waals surface area contributed by atoms with Crippen molar-refractivity contribution < 1.29 is 0 Å². The van der Waals surface area contributed by atoms with E-state index in [1.807, 2.05) is 30.5 Å². The Balaban J connectivity index is 0.000001000. The van der Waals surface area contributed by atoms with Gasteiger partial charge in [0.25, 0.3) is 0 Å². The third-order valence-corrected chi connectivity index (χ3v) is 3.13. The van der Waals surface area contributed by atoms with E-state index in [1.54, 1.807) is 0 Å². The highest BCUT2D eigenvalue weighted by Gasteiger charge is 2.12. The number of H-pyrrole nitrogens is 1. The standard InChI is InChI=1S/C15H15N3.2ClH/c16-9-8-12-11-5-1-2-6-13(11)18-15(12)14-7-3-4-10-17-14;;/h1-7,10,18H,8-9,16H2;2*1H. The maximum absolute atomic E-state index is 5.72. The first-order valence-corrected chi connectivity index (χ1v) is 6.11. The Labute approximate surface area is 130 Å². The van der Waals surface area contributed by atoms with Crippen LogP contribution in [-0.4, -0.2) is 16.5 Å². The number of fused-ring (bicyclic) bond motifs is 1. The van der Waals surface area contributed by atoms with Gasteiger partial charge in [-0.05, 0) is 36.7 Å². The van der Waals surface area contributed by atoms with Crippen LogP contribution in [0.5, 0.6) is 0 Å². The largest absolute Gasteiger partial charge is 0.353 e. The molecule has 0 unspecified atom stereocenters. The molecule has 3 aromatic rings. The molecule has 106 valence electrons. The molecule has 1 aromatic carbocycles. The van der Waals surface area contributed by atoms with Gasteiger partial charge in [-0.2, -0.15) is 0 Å². The second-order valence-corrected chi connectivity index (χ2v) is 4.28. The van der Waals surface area contributed by atoms with Crippen LogP contribution in [0.1, 0.15) is 5.56 Å². The summed E-state index contributed by atoms with van der Waals surface area (Å²) in [6.07, 6.45) is 2.67. The first kappa shape index (κ1) is 16.5. The summed E-state index contributed by atoms with van der Waals surface area (Å²) in [5, 5.41) is 1.24. The zero-order valence-electron chi connectivity index (χ0n) is 10.9. The van der Waals surface area contributed by atoms with Crippen LogP contribution in [0.3, 0.4) is 0 Å². The molecular weight excluding hydrogens is 293 g/mol. The lowest BCUT2D eigenvalue weighted by atomic mass is 10.1. The lowest BCUT2D eigenvalue weighted by molar-refractivity contribution is 0.976. The Bertz CT molecular complexity index is 665. The van der Waals surface area contributed by atoms with Crippen LogP contribution < -0.4 is 5.73 Å². The number of aromatic nitrogens is 2. The zero-order valence-corrected chi connectivity index (χ0v) is 12.5. The number of nitrogens with zero attached hydrogens (tertiary/aromatic N) is 1. The van der Waals surface area contributed by atoms with E-state index in [9.17, 15) is 0 Å². The molecule has 3 rings (SSSR count). The van der Waals surface area contributed by atoms with Gasteiger partial charge in [-0.1, -0.05) is 24.3 Å². The molecule has 0 saturated heterocycles. The first-order chi connectivity index (χ1) is 8.90. The van der Waals surface area contributed by atoms with Crippen molar-refractivity contribution in [3.05, 3.63) is 54.2 Å². The molecule has 2 aromatic heterocycles. The summed E-state index contributed by atoms with van der Waals surface area (Å²) in [6.45, 7) is 0.641. The predicted molar refractivity (Wildman–Crippen MR) is 88.8 cm³/mol. The molecule has 0 aliphatic rings. The first-order valence-electron chi connectivity index (χ1n) is 6.11. The maximum Gasteiger partial charge on any atom is 0.0867 e. The van der Waals surface area contributed by atoms with Crippen molar-refractivity contribution in [2.45, 2.75) is 6.42 Å². The highest BCUT2D eigenvalue weighted by atomic mass is 35.5. The average molecular weight is 310 g/mol. The fraction of sp³-hybridized carbons (Fsp3) is 0.133. The lowest BCUT2D eigenvalue weighted by Gasteiger charge is -2.02. The second-order valence-electron chi connectivity index (χ2n) is 4.28. The summed E-state index contributed by atoms with van der Waals surface area (Å²) in [5.74, 6) is 0. The Morgan fingerprint density at radius 3 is 2.45 bits per heavy atom.